The van der Waals surface area contributed by atoms with E-state index in [0.717, 1.165) is 46.1 Å². The van der Waals surface area contributed by atoms with Gasteiger partial charge in [0.1, 0.15) is 0 Å². The van der Waals surface area contributed by atoms with Crippen LogP contribution >= 0.6 is 11.6 Å². The van der Waals surface area contributed by atoms with Crippen molar-refractivity contribution < 1.29 is 4.79 Å². The van der Waals surface area contributed by atoms with Gasteiger partial charge in [0.25, 0.3) is 5.91 Å². The summed E-state index contributed by atoms with van der Waals surface area (Å²) in [5, 5.41) is 7.00. The molecular weight excluding hydrogens is 358 g/mol. The number of aryl methyl sites for hydroxylation is 2. The molecule has 0 atom stereocenters. The second-order valence-corrected chi connectivity index (χ2v) is 6.98. The third-order valence-electron chi connectivity index (χ3n) is 4.27. The molecule has 0 saturated carbocycles. The maximum Gasteiger partial charge on any atom is 0.257 e. The lowest BCUT2D eigenvalue weighted by Crippen LogP contribution is -2.14. The molecule has 0 bridgehead atoms. The zero-order chi connectivity index (χ0) is 19.2. The molecule has 0 aliphatic carbocycles. The number of hydrogen-bond acceptors (Lipinski definition) is 3. The molecule has 0 fully saturated rings. The lowest BCUT2D eigenvalue weighted by atomic mass is 10.1. The Morgan fingerprint density at radius 3 is 2.74 bits per heavy atom. The van der Waals surface area contributed by atoms with E-state index in [-0.39, 0.29) is 5.91 Å². The number of benzene rings is 2. The van der Waals surface area contributed by atoms with Crippen LogP contribution in [0.1, 0.15) is 27.0 Å². The predicted molar refractivity (Wildman–Crippen MR) is 112 cm³/mol. The van der Waals surface area contributed by atoms with E-state index in [9.17, 15) is 4.79 Å². The predicted octanol–water partition coefficient (Wildman–Crippen LogP) is 5.26. The minimum Gasteiger partial charge on any atom is -0.383 e. The lowest BCUT2D eigenvalue weighted by molar-refractivity contribution is 0.102. The number of rotatable bonds is 6. The summed E-state index contributed by atoms with van der Waals surface area (Å²) in [6, 6.07) is 15.6. The summed E-state index contributed by atoms with van der Waals surface area (Å²) in [4.78, 5) is 16.8. The Bertz CT molecular complexity index is 956. The molecule has 2 aromatic carbocycles. The highest BCUT2D eigenvalue weighted by Gasteiger charge is 2.09. The largest absolute Gasteiger partial charge is 0.383 e. The second kappa shape index (κ2) is 8.69. The van der Waals surface area contributed by atoms with E-state index in [4.69, 9.17) is 11.6 Å². The SMILES string of the molecule is Cc1ccc(C)c(NC(=O)c2cncc(NCCc3cccc(Cl)c3)c2)c1. The molecule has 0 aliphatic heterocycles. The first kappa shape index (κ1) is 18.9. The van der Waals surface area contributed by atoms with Crippen LogP contribution in [0.15, 0.2) is 60.9 Å². The maximum absolute atomic E-state index is 12.6. The summed E-state index contributed by atoms with van der Waals surface area (Å²) in [6.45, 7) is 4.70. The van der Waals surface area contributed by atoms with Crippen molar-refractivity contribution in [1.82, 2.24) is 4.98 Å². The van der Waals surface area contributed by atoms with Gasteiger partial charge in [0.05, 0.1) is 11.3 Å². The standard InChI is InChI=1S/C22H22ClN3O/c1-15-6-7-16(2)21(10-15)26-22(27)18-12-20(14-24-13-18)25-9-8-17-4-3-5-19(23)11-17/h3-7,10-14,25H,8-9H2,1-2H3,(H,26,27). The van der Waals surface area contributed by atoms with E-state index in [1.165, 1.54) is 0 Å². The summed E-state index contributed by atoms with van der Waals surface area (Å²) in [5.41, 5.74) is 5.43. The number of aromatic nitrogens is 1. The van der Waals surface area contributed by atoms with E-state index in [1.54, 1.807) is 12.4 Å². The molecule has 0 unspecified atom stereocenters. The Morgan fingerprint density at radius 2 is 1.93 bits per heavy atom. The van der Waals surface area contributed by atoms with Crippen LogP contribution < -0.4 is 10.6 Å². The highest BCUT2D eigenvalue weighted by Crippen LogP contribution is 2.18. The molecule has 138 valence electrons. The first-order valence-corrected chi connectivity index (χ1v) is 9.21. The van der Waals surface area contributed by atoms with Gasteiger partial charge in [0, 0.05) is 29.6 Å². The van der Waals surface area contributed by atoms with Crippen LogP contribution in [-0.4, -0.2) is 17.4 Å². The summed E-state index contributed by atoms with van der Waals surface area (Å²) >= 11 is 6.01. The fourth-order valence-corrected chi connectivity index (χ4v) is 2.98. The monoisotopic (exact) mass is 379 g/mol. The summed E-state index contributed by atoms with van der Waals surface area (Å²) in [5.74, 6) is -0.172. The van der Waals surface area contributed by atoms with Gasteiger partial charge in [-0.1, -0.05) is 35.9 Å². The quantitative estimate of drug-likeness (QED) is 0.614. The molecule has 3 rings (SSSR count). The third-order valence-corrected chi connectivity index (χ3v) is 4.51. The van der Waals surface area contributed by atoms with Crippen molar-refractivity contribution in [2.75, 3.05) is 17.2 Å². The topological polar surface area (TPSA) is 54.0 Å². The average Bonchev–Trinajstić information content (AvgIpc) is 2.65. The number of carbonyl (C=O) groups excluding carboxylic acids is 1. The fourth-order valence-electron chi connectivity index (χ4n) is 2.77. The first-order valence-electron chi connectivity index (χ1n) is 8.83. The Kier molecular flexibility index (Phi) is 6.09. The van der Waals surface area contributed by atoms with E-state index >= 15 is 0 Å². The van der Waals surface area contributed by atoms with Crippen LogP contribution in [0, 0.1) is 13.8 Å². The van der Waals surface area contributed by atoms with Crippen LogP contribution in [-0.2, 0) is 6.42 Å². The molecule has 1 heterocycles. The number of halogens is 1. The van der Waals surface area contributed by atoms with Gasteiger partial charge >= 0.3 is 0 Å². The summed E-state index contributed by atoms with van der Waals surface area (Å²) in [6.07, 6.45) is 4.12. The number of carbonyl (C=O) groups is 1. The molecule has 0 saturated heterocycles. The van der Waals surface area contributed by atoms with Crippen molar-refractivity contribution >= 4 is 28.9 Å². The molecule has 2 N–H and O–H groups in total. The van der Waals surface area contributed by atoms with E-state index in [1.807, 2.05) is 62.4 Å². The molecule has 3 aromatic rings. The number of nitrogens with zero attached hydrogens (tertiary/aromatic N) is 1. The Balaban J connectivity index is 1.62. The molecule has 27 heavy (non-hydrogen) atoms. The Hall–Kier alpha value is -2.85. The summed E-state index contributed by atoms with van der Waals surface area (Å²) in [7, 11) is 0. The molecule has 4 nitrogen and oxygen atoms in total. The third kappa shape index (κ3) is 5.31. The first-order chi connectivity index (χ1) is 13.0. The van der Waals surface area contributed by atoms with Crippen LogP contribution in [0.4, 0.5) is 11.4 Å². The van der Waals surface area contributed by atoms with Crippen molar-refractivity contribution in [3.63, 3.8) is 0 Å². The maximum atomic E-state index is 12.6. The highest BCUT2D eigenvalue weighted by molar-refractivity contribution is 6.30. The summed E-state index contributed by atoms with van der Waals surface area (Å²) < 4.78 is 0. The zero-order valence-electron chi connectivity index (χ0n) is 15.4. The minimum absolute atomic E-state index is 0.172. The Labute approximate surface area is 164 Å². The average molecular weight is 380 g/mol. The van der Waals surface area contributed by atoms with Gasteiger partial charge in [-0.25, -0.2) is 0 Å². The van der Waals surface area contributed by atoms with Crippen LogP contribution in [0.2, 0.25) is 5.02 Å². The minimum atomic E-state index is -0.172. The second-order valence-electron chi connectivity index (χ2n) is 6.54. The number of hydrogen-bond donors (Lipinski definition) is 2. The van der Waals surface area contributed by atoms with Crippen molar-refractivity contribution in [3.05, 3.63) is 88.2 Å². The zero-order valence-corrected chi connectivity index (χ0v) is 16.2. The van der Waals surface area contributed by atoms with E-state index in [2.05, 4.69) is 15.6 Å². The van der Waals surface area contributed by atoms with Gasteiger partial charge in [0.2, 0.25) is 0 Å². The number of amides is 1. The molecule has 1 amide bonds. The molecular formula is C22H22ClN3O. The molecule has 0 radical (unpaired) electrons. The van der Waals surface area contributed by atoms with E-state index < -0.39 is 0 Å². The van der Waals surface area contributed by atoms with Gasteiger partial charge in [-0.3, -0.25) is 9.78 Å². The normalized spacial score (nSPS) is 10.5. The van der Waals surface area contributed by atoms with Gasteiger partial charge in [0.15, 0.2) is 0 Å². The van der Waals surface area contributed by atoms with Crippen LogP contribution in [0.5, 0.6) is 0 Å². The van der Waals surface area contributed by atoms with Gasteiger partial charge in [-0.05, 0) is 61.2 Å². The van der Waals surface area contributed by atoms with Gasteiger partial charge in [-0.15, -0.1) is 0 Å². The van der Waals surface area contributed by atoms with Crippen molar-refractivity contribution in [2.24, 2.45) is 0 Å². The Morgan fingerprint density at radius 1 is 1.07 bits per heavy atom. The molecule has 1 aromatic heterocycles. The van der Waals surface area contributed by atoms with Crippen molar-refractivity contribution in [3.8, 4) is 0 Å². The highest BCUT2D eigenvalue weighted by atomic mass is 35.5. The van der Waals surface area contributed by atoms with Gasteiger partial charge in [-0.2, -0.15) is 0 Å². The number of pyridine rings is 1. The number of anilines is 2. The fraction of sp³-hybridized carbons (Fsp3) is 0.182. The van der Waals surface area contributed by atoms with Crippen LogP contribution in [0.25, 0.3) is 0 Å². The van der Waals surface area contributed by atoms with Crippen LogP contribution in [0.3, 0.4) is 0 Å². The van der Waals surface area contributed by atoms with Crippen molar-refractivity contribution in [2.45, 2.75) is 20.3 Å². The van der Waals surface area contributed by atoms with Gasteiger partial charge < -0.3 is 10.6 Å². The molecule has 0 aliphatic rings. The van der Waals surface area contributed by atoms with Crippen molar-refractivity contribution in [1.29, 1.82) is 0 Å². The lowest BCUT2D eigenvalue weighted by Gasteiger charge is -2.11. The molecule has 0 spiro atoms. The smallest absolute Gasteiger partial charge is 0.257 e. The number of nitrogens with one attached hydrogen (secondary N) is 2. The van der Waals surface area contributed by atoms with E-state index in [0.29, 0.717) is 5.56 Å². The molecule has 5 heteroatoms.